The number of rotatable bonds is 6. The molecular formula is C20H22N4O3S. The number of nitrogens with zero attached hydrogens (tertiary/aromatic N) is 4. The number of thiophene rings is 1. The molecule has 146 valence electrons. The van der Waals surface area contributed by atoms with Crippen LogP contribution in [0.15, 0.2) is 52.0 Å². The average molecular weight is 398 g/mol. The van der Waals surface area contributed by atoms with Gasteiger partial charge in [-0.2, -0.15) is 16.4 Å². The van der Waals surface area contributed by atoms with Crippen LogP contribution in [-0.2, 0) is 29.0 Å². The summed E-state index contributed by atoms with van der Waals surface area (Å²) in [4.78, 5) is 27.7. The number of hydrogen-bond donors (Lipinski definition) is 0. The van der Waals surface area contributed by atoms with Crippen molar-refractivity contribution in [2.24, 2.45) is 0 Å². The maximum absolute atomic E-state index is 13.1. The normalized spacial score (nSPS) is 16.2. The quantitative estimate of drug-likeness (QED) is 0.636. The highest BCUT2D eigenvalue weighted by molar-refractivity contribution is 7.08. The lowest BCUT2D eigenvalue weighted by molar-refractivity contribution is -0.133. The fourth-order valence-electron chi connectivity index (χ4n) is 3.57. The zero-order chi connectivity index (χ0) is 19.5. The van der Waals surface area contributed by atoms with Crippen LogP contribution in [0.1, 0.15) is 23.0 Å². The molecule has 0 bridgehead atoms. The van der Waals surface area contributed by atoms with Crippen LogP contribution < -0.4 is 5.69 Å². The van der Waals surface area contributed by atoms with Crippen LogP contribution in [0.2, 0.25) is 0 Å². The summed E-state index contributed by atoms with van der Waals surface area (Å²) in [7, 11) is 1.60. The lowest BCUT2D eigenvalue weighted by atomic mass is 10.0. The topological polar surface area (TPSA) is 69.4 Å². The van der Waals surface area contributed by atoms with E-state index in [0.717, 1.165) is 11.1 Å². The van der Waals surface area contributed by atoms with Gasteiger partial charge in [-0.1, -0.05) is 30.3 Å². The highest BCUT2D eigenvalue weighted by Crippen LogP contribution is 2.30. The van der Waals surface area contributed by atoms with Crippen molar-refractivity contribution in [1.82, 2.24) is 19.2 Å². The van der Waals surface area contributed by atoms with E-state index in [4.69, 9.17) is 4.74 Å². The van der Waals surface area contributed by atoms with Crippen LogP contribution >= 0.6 is 11.3 Å². The first-order valence-electron chi connectivity index (χ1n) is 9.21. The summed E-state index contributed by atoms with van der Waals surface area (Å²) in [6, 6.07) is 11.4. The molecule has 0 aliphatic carbocycles. The van der Waals surface area contributed by atoms with E-state index in [0.29, 0.717) is 38.5 Å². The molecule has 2 aromatic heterocycles. The summed E-state index contributed by atoms with van der Waals surface area (Å²) in [5, 5.41) is 8.54. The van der Waals surface area contributed by atoms with Crippen LogP contribution in [0.5, 0.6) is 0 Å². The van der Waals surface area contributed by atoms with Crippen LogP contribution in [0.4, 0.5) is 0 Å². The number of methoxy groups -OCH3 is 1. The van der Waals surface area contributed by atoms with Gasteiger partial charge in [0.2, 0.25) is 5.91 Å². The number of amides is 1. The van der Waals surface area contributed by atoms with Crippen molar-refractivity contribution >= 4 is 17.2 Å². The predicted molar refractivity (Wildman–Crippen MR) is 106 cm³/mol. The monoisotopic (exact) mass is 398 g/mol. The Hall–Kier alpha value is -2.71. The minimum absolute atomic E-state index is 0.0393. The van der Waals surface area contributed by atoms with E-state index in [9.17, 15) is 9.59 Å². The Kier molecular flexibility index (Phi) is 5.40. The lowest BCUT2D eigenvalue weighted by Crippen LogP contribution is -2.45. The summed E-state index contributed by atoms with van der Waals surface area (Å²) in [5.41, 5.74) is 1.80. The first kappa shape index (κ1) is 18.6. The molecule has 7 nitrogen and oxygen atoms in total. The van der Waals surface area contributed by atoms with Gasteiger partial charge in [0.1, 0.15) is 6.04 Å². The minimum atomic E-state index is -0.377. The van der Waals surface area contributed by atoms with Crippen molar-refractivity contribution in [2.45, 2.75) is 25.6 Å². The SMILES string of the molecule is COCCn1nc2n(c1=O)CCN(C(=O)Cc1ccsc1)C2c1ccccc1. The maximum atomic E-state index is 13.1. The van der Waals surface area contributed by atoms with Crippen LogP contribution in [0.25, 0.3) is 0 Å². The second kappa shape index (κ2) is 8.12. The molecule has 3 aromatic rings. The third-order valence-corrected chi connectivity index (χ3v) is 5.68. The van der Waals surface area contributed by atoms with Gasteiger partial charge in [-0.3, -0.25) is 9.36 Å². The second-order valence-electron chi connectivity index (χ2n) is 6.72. The van der Waals surface area contributed by atoms with Gasteiger partial charge < -0.3 is 9.64 Å². The third-order valence-electron chi connectivity index (χ3n) is 4.95. The average Bonchev–Trinajstić information content (AvgIpc) is 3.34. The van der Waals surface area contributed by atoms with Crippen molar-refractivity contribution in [3.63, 3.8) is 0 Å². The molecule has 8 heteroatoms. The number of ether oxygens (including phenoxy) is 1. The van der Waals surface area contributed by atoms with Gasteiger partial charge in [-0.15, -0.1) is 0 Å². The molecule has 0 saturated carbocycles. The Balaban J connectivity index is 1.72. The Morgan fingerprint density at radius 2 is 2.07 bits per heavy atom. The molecule has 0 fully saturated rings. The molecule has 1 aromatic carbocycles. The van der Waals surface area contributed by atoms with E-state index >= 15 is 0 Å². The summed E-state index contributed by atoms with van der Waals surface area (Å²) in [6.07, 6.45) is 0.349. The number of fused-ring (bicyclic) bond motifs is 1. The first-order valence-corrected chi connectivity index (χ1v) is 10.2. The van der Waals surface area contributed by atoms with Crippen molar-refractivity contribution in [2.75, 3.05) is 20.3 Å². The first-order chi connectivity index (χ1) is 13.7. The highest BCUT2D eigenvalue weighted by atomic mass is 32.1. The van der Waals surface area contributed by atoms with Crippen molar-refractivity contribution < 1.29 is 9.53 Å². The number of benzene rings is 1. The van der Waals surface area contributed by atoms with Gasteiger partial charge in [0, 0.05) is 20.2 Å². The van der Waals surface area contributed by atoms with E-state index in [2.05, 4.69) is 5.10 Å². The third kappa shape index (κ3) is 3.53. The van der Waals surface area contributed by atoms with Crippen molar-refractivity contribution in [3.8, 4) is 0 Å². The zero-order valence-electron chi connectivity index (χ0n) is 15.7. The fraction of sp³-hybridized carbons (Fsp3) is 0.350. The van der Waals surface area contributed by atoms with Gasteiger partial charge in [0.25, 0.3) is 0 Å². The summed E-state index contributed by atoms with van der Waals surface area (Å²) in [6.45, 7) is 1.72. The van der Waals surface area contributed by atoms with Gasteiger partial charge >= 0.3 is 5.69 Å². The van der Waals surface area contributed by atoms with E-state index in [-0.39, 0.29) is 17.6 Å². The molecular weight excluding hydrogens is 376 g/mol. The Bertz CT molecular complexity index is 994. The van der Waals surface area contributed by atoms with Crippen LogP contribution in [0.3, 0.4) is 0 Å². The molecule has 0 N–H and O–H groups in total. The Morgan fingerprint density at radius 1 is 1.25 bits per heavy atom. The van der Waals surface area contributed by atoms with E-state index < -0.39 is 0 Å². The fourth-order valence-corrected chi connectivity index (χ4v) is 4.24. The number of hydrogen-bond acceptors (Lipinski definition) is 5. The number of carbonyl (C=O) groups is 1. The van der Waals surface area contributed by atoms with Gasteiger partial charge in [-0.05, 0) is 28.0 Å². The predicted octanol–water partition coefficient (Wildman–Crippen LogP) is 1.93. The maximum Gasteiger partial charge on any atom is 0.346 e. The van der Waals surface area contributed by atoms with Gasteiger partial charge in [-0.25, -0.2) is 9.48 Å². The summed E-state index contributed by atoms with van der Waals surface area (Å²) in [5.74, 6) is 0.648. The Morgan fingerprint density at radius 3 is 2.79 bits per heavy atom. The smallest absolute Gasteiger partial charge is 0.346 e. The molecule has 28 heavy (non-hydrogen) atoms. The Labute approximate surface area is 166 Å². The van der Waals surface area contributed by atoms with E-state index in [1.165, 1.54) is 4.68 Å². The molecule has 0 radical (unpaired) electrons. The molecule has 0 spiro atoms. The summed E-state index contributed by atoms with van der Waals surface area (Å²) >= 11 is 1.58. The molecule has 1 aliphatic heterocycles. The highest BCUT2D eigenvalue weighted by Gasteiger charge is 2.35. The number of carbonyl (C=O) groups excluding carboxylic acids is 1. The van der Waals surface area contributed by atoms with E-state index in [1.807, 2.05) is 52.1 Å². The molecule has 4 rings (SSSR count). The molecule has 0 saturated heterocycles. The lowest BCUT2D eigenvalue weighted by Gasteiger charge is -2.35. The zero-order valence-corrected chi connectivity index (χ0v) is 16.5. The van der Waals surface area contributed by atoms with E-state index in [1.54, 1.807) is 23.0 Å². The second-order valence-corrected chi connectivity index (χ2v) is 7.50. The number of aromatic nitrogens is 3. The van der Waals surface area contributed by atoms with Crippen molar-refractivity contribution in [1.29, 1.82) is 0 Å². The van der Waals surface area contributed by atoms with Crippen LogP contribution in [-0.4, -0.2) is 45.4 Å². The molecule has 3 heterocycles. The minimum Gasteiger partial charge on any atom is -0.383 e. The van der Waals surface area contributed by atoms with Crippen LogP contribution in [0, 0.1) is 0 Å². The molecule has 1 amide bonds. The summed E-state index contributed by atoms with van der Waals surface area (Å²) < 4.78 is 8.20. The van der Waals surface area contributed by atoms with Gasteiger partial charge in [0.05, 0.1) is 19.6 Å². The molecule has 1 atom stereocenters. The molecule has 1 aliphatic rings. The largest absolute Gasteiger partial charge is 0.383 e. The standard InChI is InChI=1S/C20H22N4O3S/c1-27-11-10-24-20(26)23-9-8-22(17(25)13-15-7-12-28-14-15)18(19(23)21-24)16-5-3-2-4-6-16/h2-7,12,14,18H,8-11,13H2,1H3. The van der Waals surface area contributed by atoms with Gasteiger partial charge in [0.15, 0.2) is 5.82 Å². The van der Waals surface area contributed by atoms with Crippen molar-refractivity contribution in [3.05, 3.63) is 74.6 Å². The molecule has 1 unspecified atom stereocenters.